The molecule has 0 nitrogen and oxygen atoms in total. The molecule has 0 aliphatic carbocycles. The molecule has 0 aliphatic heterocycles. The number of thioether (sulfide) groups is 1. The molecule has 0 aliphatic rings. The normalized spacial score (nSPS) is 9.29. The van der Waals surface area contributed by atoms with Crippen LogP contribution in [0.1, 0.15) is 18.9 Å². The monoisotopic (exact) mass is 222 g/mol. The van der Waals surface area contributed by atoms with Crippen LogP contribution in [0.3, 0.4) is 0 Å². The van der Waals surface area contributed by atoms with Gasteiger partial charge >= 0.3 is 0 Å². The maximum Gasteiger partial charge on any atom is 0.0256 e. The van der Waals surface area contributed by atoms with Crippen molar-refractivity contribution in [3.8, 4) is 11.8 Å². The van der Waals surface area contributed by atoms with E-state index in [9.17, 15) is 0 Å². The fourth-order valence-electron chi connectivity index (χ4n) is 1.05. The van der Waals surface area contributed by atoms with Crippen molar-refractivity contribution in [1.82, 2.24) is 0 Å². The largest absolute Gasteiger partial charge is 0.178 e. The van der Waals surface area contributed by atoms with Crippen LogP contribution in [0.4, 0.5) is 0 Å². The van der Waals surface area contributed by atoms with E-state index in [4.69, 9.17) is 0 Å². The molecule has 74 valence electrons. The highest BCUT2D eigenvalue weighted by Gasteiger charge is 1.91. The molecular weight excluding hydrogens is 208 g/mol. The summed E-state index contributed by atoms with van der Waals surface area (Å²) in [4.78, 5) is 1.30. The molecule has 0 amide bonds. The topological polar surface area (TPSA) is 0 Å². The summed E-state index contributed by atoms with van der Waals surface area (Å²) in [7, 11) is 0. The Morgan fingerprint density at radius 1 is 1.43 bits per heavy atom. The second kappa shape index (κ2) is 6.86. The number of benzene rings is 1. The van der Waals surface area contributed by atoms with Crippen molar-refractivity contribution in [1.29, 1.82) is 0 Å². The van der Waals surface area contributed by atoms with E-state index in [1.165, 1.54) is 4.90 Å². The van der Waals surface area contributed by atoms with E-state index in [0.717, 1.165) is 23.5 Å². The zero-order chi connectivity index (χ0) is 10.2. The third-order valence-corrected chi connectivity index (χ3v) is 2.71. The van der Waals surface area contributed by atoms with Crippen LogP contribution in [-0.2, 0) is 0 Å². The molecule has 0 saturated heterocycles. The van der Waals surface area contributed by atoms with E-state index in [0.29, 0.717) is 0 Å². The van der Waals surface area contributed by atoms with Crippen molar-refractivity contribution >= 4 is 24.4 Å². The molecule has 0 aromatic heterocycles. The molecule has 0 fully saturated rings. The minimum absolute atomic E-state index is 0.830. The Bertz CT molecular complexity index is 334. The molecule has 0 saturated carbocycles. The minimum atomic E-state index is 0.830. The van der Waals surface area contributed by atoms with Crippen LogP contribution in [-0.4, -0.2) is 11.5 Å². The molecule has 1 rings (SSSR count). The minimum Gasteiger partial charge on any atom is -0.178 e. The van der Waals surface area contributed by atoms with E-state index in [1.807, 2.05) is 17.8 Å². The maximum absolute atomic E-state index is 4.11. The zero-order valence-electron chi connectivity index (χ0n) is 8.29. The molecule has 0 heterocycles. The Hall–Kier alpha value is -0.520. The molecule has 0 spiro atoms. The lowest BCUT2D eigenvalue weighted by Crippen LogP contribution is -1.77. The van der Waals surface area contributed by atoms with Gasteiger partial charge in [0.2, 0.25) is 0 Å². The van der Waals surface area contributed by atoms with Gasteiger partial charge in [-0.2, -0.15) is 12.6 Å². The van der Waals surface area contributed by atoms with Gasteiger partial charge in [0.05, 0.1) is 0 Å². The van der Waals surface area contributed by atoms with Gasteiger partial charge in [0, 0.05) is 22.6 Å². The highest BCUT2D eigenvalue weighted by Crippen LogP contribution is 2.17. The first kappa shape index (κ1) is 11.6. The van der Waals surface area contributed by atoms with E-state index in [-0.39, 0.29) is 0 Å². The van der Waals surface area contributed by atoms with Crippen molar-refractivity contribution in [3.05, 3.63) is 29.8 Å². The average Bonchev–Trinajstić information content (AvgIpc) is 2.19. The van der Waals surface area contributed by atoms with Gasteiger partial charge in [-0.05, 0) is 24.0 Å². The number of thiol groups is 1. The number of hydrogen-bond donors (Lipinski definition) is 1. The molecule has 1 aromatic carbocycles. The summed E-state index contributed by atoms with van der Waals surface area (Å²) in [6.07, 6.45) is 0.855. The van der Waals surface area contributed by atoms with Gasteiger partial charge < -0.3 is 0 Å². The van der Waals surface area contributed by atoms with E-state index in [2.05, 4.69) is 49.6 Å². The van der Waals surface area contributed by atoms with Crippen molar-refractivity contribution < 1.29 is 0 Å². The summed E-state index contributed by atoms with van der Waals surface area (Å²) >= 11 is 5.96. The number of hydrogen-bond acceptors (Lipinski definition) is 2. The molecule has 2 heteroatoms. The van der Waals surface area contributed by atoms with Crippen molar-refractivity contribution in [2.24, 2.45) is 0 Å². The number of rotatable bonds is 3. The predicted molar refractivity (Wildman–Crippen MR) is 68.2 cm³/mol. The fourth-order valence-corrected chi connectivity index (χ4v) is 1.88. The van der Waals surface area contributed by atoms with E-state index >= 15 is 0 Å². The third-order valence-electron chi connectivity index (χ3n) is 1.61. The first-order valence-corrected chi connectivity index (χ1v) is 6.31. The Labute approximate surface area is 95.9 Å². The van der Waals surface area contributed by atoms with Gasteiger partial charge in [-0.1, -0.05) is 24.8 Å². The highest BCUT2D eigenvalue weighted by molar-refractivity contribution is 7.99. The lowest BCUT2D eigenvalue weighted by atomic mass is 10.2. The van der Waals surface area contributed by atoms with Crippen LogP contribution in [0.5, 0.6) is 0 Å². The Balaban J connectivity index is 2.69. The summed E-state index contributed by atoms with van der Waals surface area (Å²) in [6.45, 7) is 2.16. The Morgan fingerprint density at radius 2 is 2.29 bits per heavy atom. The van der Waals surface area contributed by atoms with Crippen LogP contribution >= 0.6 is 24.4 Å². The van der Waals surface area contributed by atoms with Crippen LogP contribution in [0.25, 0.3) is 0 Å². The molecule has 0 N–H and O–H groups in total. The Morgan fingerprint density at radius 3 is 3.00 bits per heavy atom. The van der Waals surface area contributed by atoms with E-state index < -0.39 is 0 Å². The van der Waals surface area contributed by atoms with E-state index in [1.54, 1.807) is 0 Å². The van der Waals surface area contributed by atoms with Gasteiger partial charge in [0.25, 0.3) is 0 Å². The molecule has 14 heavy (non-hydrogen) atoms. The first-order valence-electron chi connectivity index (χ1n) is 4.69. The van der Waals surface area contributed by atoms with Crippen LogP contribution in [0, 0.1) is 11.8 Å². The fraction of sp³-hybridized carbons (Fsp3) is 0.333. The summed E-state index contributed by atoms with van der Waals surface area (Å²) in [6, 6.07) is 8.37. The molecule has 0 radical (unpaired) electrons. The highest BCUT2D eigenvalue weighted by atomic mass is 32.2. The van der Waals surface area contributed by atoms with Crippen molar-refractivity contribution in [2.45, 2.75) is 18.2 Å². The third kappa shape index (κ3) is 4.13. The molecule has 0 unspecified atom stereocenters. The standard InChI is InChI=1S/C12H14S2/c1-2-14-12-8-5-7-11(10-12)6-3-4-9-13/h5,7-8,10,13H,2,4,9H2,1H3. The lowest BCUT2D eigenvalue weighted by molar-refractivity contribution is 1.31. The summed E-state index contributed by atoms with van der Waals surface area (Å²) in [5, 5.41) is 0. The SMILES string of the molecule is CCSc1cccc(C#CCCS)c1. The molecular formula is C12H14S2. The zero-order valence-corrected chi connectivity index (χ0v) is 10.00. The smallest absolute Gasteiger partial charge is 0.0256 e. The second-order valence-electron chi connectivity index (χ2n) is 2.74. The van der Waals surface area contributed by atoms with Crippen LogP contribution < -0.4 is 0 Å². The second-order valence-corrected chi connectivity index (χ2v) is 4.52. The quantitative estimate of drug-likeness (QED) is 0.464. The summed E-state index contributed by atoms with van der Waals surface area (Å²) in [5.41, 5.74) is 1.10. The predicted octanol–water partition coefficient (Wildman–Crippen LogP) is 3.47. The maximum atomic E-state index is 4.11. The van der Waals surface area contributed by atoms with Crippen LogP contribution in [0.2, 0.25) is 0 Å². The van der Waals surface area contributed by atoms with Gasteiger partial charge in [0.15, 0.2) is 0 Å². The molecule has 1 aromatic rings. The van der Waals surface area contributed by atoms with Gasteiger partial charge in [-0.3, -0.25) is 0 Å². The summed E-state index contributed by atoms with van der Waals surface area (Å²) in [5.74, 6) is 8.15. The van der Waals surface area contributed by atoms with Crippen molar-refractivity contribution in [3.63, 3.8) is 0 Å². The summed E-state index contributed by atoms with van der Waals surface area (Å²) < 4.78 is 0. The van der Waals surface area contributed by atoms with Gasteiger partial charge in [-0.25, -0.2) is 0 Å². The average molecular weight is 222 g/mol. The van der Waals surface area contributed by atoms with Crippen LogP contribution in [0.15, 0.2) is 29.2 Å². The first-order chi connectivity index (χ1) is 6.86. The molecule has 0 atom stereocenters. The Kier molecular flexibility index (Phi) is 5.66. The molecule has 0 bridgehead atoms. The van der Waals surface area contributed by atoms with Gasteiger partial charge in [0.1, 0.15) is 0 Å². The lowest BCUT2D eigenvalue weighted by Gasteiger charge is -1.97. The van der Waals surface area contributed by atoms with Gasteiger partial charge in [-0.15, -0.1) is 11.8 Å². The van der Waals surface area contributed by atoms with Crippen molar-refractivity contribution in [2.75, 3.05) is 11.5 Å².